The van der Waals surface area contributed by atoms with Crippen LogP contribution < -0.4 is 0 Å². The summed E-state index contributed by atoms with van der Waals surface area (Å²) in [5, 5.41) is 0. The maximum Gasteiger partial charge on any atom is 0.340 e. The average Bonchev–Trinajstić information content (AvgIpc) is 3.02. The number of carbonyl (C=O) groups excluding carboxylic acids is 1. The zero-order valence-corrected chi connectivity index (χ0v) is 18.3. The Morgan fingerprint density at radius 3 is 2.10 bits per heavy atom. The summed E-state index contributed by atoms with van der Waals surface area (Å²) in [6.45, 7) is 8.90. The minimum absolute atomic E-state index is 0.258. The van der Waals surface area contributed by atoms with E-state index in [1.54, 1.807) is 0 Å². The van der Waals surface area contributed by atoms with Gasteiger partial charge in [-0.2, -0.15) is 0 Å². The Bertz CT molecular complexity index is 1050. The molecule has 0 aliphatic carbocycles. The number of ether oxygens (including phenoxy) is 1. The van der Waals surface area contributed by atoms with Crippen LogP contribution in [0, 0.1) is 11.8 Å². The molecule has 0 amide bonds. The molecule has 1 heterocycles. The number of hydrogen-bond acceptors (Lipinski definition) is 2. The Morgan fingerprint density at radius 1 is 0.733 bits per heavy atom. The molecule has 3 aromatic rings. The van der Waals surface area contributed by atoms with Crippen molar-refractivity contribution in [2.24, 2.45) is 11.8 Å². The highest BCUT2D eigenvalue weighted by molar-refractivity contribution is 5.96. The standard InChI is InChI=1S/C28H30O2/c1-19(2)16-21-12-14-23(15-13-21)28(24-9-7-8-22(18-24)17-20(3)4)26-11-6-5-10-25(26)27(29)30-28/h5-15,18-20H,16-17H2,1-4H3. The first-order chi connectivity index (χ1) is 14.4. The molecule has 30 heavy (non-hydrogen) atoms. The van der Waals surface area contributed by atoms with Crippen molar-refractivity contribution in [3.8, 4) is 0 Å². The fraction of sp³-hybridized carbons (Fsp3) is 0.321. The quantitative estimate of drug-likeness (QED) is 0.440. The van der Waals surface area contributed by atoms with Crippen LogP contribution in [0.25, 0.3) is 0 Å². The van der Waals surface area contributed by atoms with E-state index in [1.807, 2.05) is 24.3 Å². The Hall–Kier alpha value is -2.87. The number of rotatable bonds is 6. The van der Waals surface area contributed by atoms with Crippen molar-refractivity contribution in [2.45, 2.75) is 46.1 Å². The van der Waals surface area contributed by atoms with Crippen LogP contribution in [0.4, 0.5) is 0 Å². The number of cyclic esters (lactones) is 1. The molecule has 0 radical (unpaired) electrons. The smallest absolute Gasteiger partial charge is 0.340 e. The minimum atomic E-state index is -0.906. The zero-order valence-electron chi connectivity index (χ0n) is 18.3. The van der Waals surface area contributed by atoms with Gasteiger partial charge in [-0.3, -0.25) is 0 Å². The summed E-state index contributed by atoms with van der Waals surface area (Å²) in [5.41, 5.74) is 5.24. The van der Waals surface area contributed by atoms with E-state index in [4.69, 9.17) is 4.74 Å². The topological polar surface area (TPSA) is 26.3 Å². The summed E-state index contributed by atoms with van der Waals surface area (Å²) in [6.07, 6.45) is 2.03. The van der Waals surface area contributed by atoms with E-state index in [0.29, 0.717) is 17.4 Å². The van der Waals surface area contributed by atoms with Gasteiger partial charge in [0.25, 0.3) is 0 Å². The Kier molecular flexibility index (Phi) is 5.51. The van der Waals surface area contributed by atoms with Crippen LogP contribution in [-0.4, -0.2) is 5.97 Å². The molecule has 1 aliphatic heterocycles. The molecule has 4 rings (SSSR count). The number of hydrogen-bond donors (Lipinski definition) is 0. The molecule has 0 fully saturated rings. The number of esters is 1. The van der Waals surface area contributed by atoms with Crippen LogP contribution in [0.5, 0.6) is 0 Å². The highest BCUT2D eigenvalue weighted by atomic mass is 16.6. The largest absolute Gasteiger partial charge is 0.441 e. The average molecular weight is 399 g/mol. The number of carbonyl (C=O) groups is 1. The first-order valence-corrected chi connectivity index (χ1v) is 10.9. The van der Waals surface area contributed by atoms with E-state index in [2.05, 4.69) is 76.2 Å². The second-order valence-electron chi connectivity index (χ2n) is 9.21. The Labute approximate surface area is 179 Å². The van der Waals surface area contributed by atoms with Gasteiger partial charge in [0.2, 0.25) is 0 Å². The number of fused-ring (bicyclic) bond motifs is 1. The van der Waals surface area contributed by atoms with E-state index < -0.39 is 5.60 Å². The molecule has 0 saturated carbocycles. The molecule has 1 unspecified atom stereocenters. The molecule has 3 aromatic carbocycles. The molecular formula is C28H30O2. The predicted molar refractivity (Wildman–Crippen MR) is 122 cm³/mol. The van der Waals surface area contributed by atoms with Crippen molar-refractivity contribution >= 4 is 5.97 Å². The first kappa shape index (κ1) is 20.4. The van der Waals surface area contributed by atoms with Crippen molar-refractivity contribution in [3.63, 3.8) is 0 Å². The molecule has 154 valence electrons. The fourth-order valence-electron chi connectivity index (χ4n) is 4.55. The lowest BCUT2D eigenvalue weighted by atomic mass is 9.79. The normalized spacial score (nSPS) is 18.0. The zero-order chi connectivity index (χ0) is 21.3. The predicted octanol–water partition coefficient (Wildman–Crippen LogP) is 6.55. The summed E-state index contributed by atoms with van der Waals surface area (Å²) >= 11 is 0. The van der Waals surface area contributed by atoms with Gasteiger partial charge in [0, 0.05) is 16.7 Å². The molecule has 0 aromatic heterocycles. The molecule has 2 heteroatoms. The van der Waals surface area contributed by atoms with Crippen molar-refractivity contribution in [2.75, 3.05) is 0 Å². The lowest BCUT2D eigenvalue weighted by Gasteiger charge is -2.31. The van der Waals surface area contributed by atoms with Crippen molar-refractivity contribution in [1.82, 2.24) is 0 Å². The van der Waals surface area contributed by atoms with Crippen LogP contribution in [0.15, 0.2) is 72.8 Å². The first-order valence-electron chi connectivity index (χ1n) is 10.9. The Balaban J connectivity index is 1.89. The monoisotopic (exact) mass is 398 g/mol. The maximum absolute atomic E-state index is 12.9. The van der Waals surface area contributed by atoms with Gasteiger partial charge in [-0.05, 0) is 41.9 Å². The molecule has 0 spiro atoms. The summed E-state index contributed by atoms with van der Waals surface area (Å²) in [6, 6.07) is 24.9. The lowest BCUT2D eigenvalue weighted by Crippen LogP contribution is -2.29. The third-order valence-corrected chi connectivity index (χ3v) is 5.75. The third-order valence-electron chi connectivity index (χ3n) is 5.75. The van der Waals surface area contributed by atoms with Crippen LogP contribution in [0.1, 0.15) is 65.9 Å². The summed E-state index contributed by atoms with van der Waals surface area (Å²) in [7, 11) is 0. The second-order valence-corrected chi connectivity index (χ2v) is 9.21. The van der Waals surface area contributed by atoms with E-state index >= 15 is 0 Å². The van der Waals surface area contributed by atoms with Gasteiger partial charge in [-0.1, -0.05) is 94.4 Å². The summed E-state index contributed by atoms with van der Waals surface area (Å²) in [4.78, 5) is 12.9. The van der Waals surface area contributed by atoms with Gasteiger partial charge < -0.3 is 4.74 Å². The molecule has 1 aliphatic rings. The number of benzene rings is 3. The van der Waals surface area contributed by atoms with Crippen molar-refractivity contribution in [3.05, 3.63) is 106 Å². The van der Waals surface area contributed by atoms with Gasteiger partial charge in [-0.15, -0.1) is 0 Å². The van der Waals surface area contributed by atoms with Crippen LogP contribution >= 0.6 is 0 Å². The maximum atomic E-state index is 12.9. The molecule has 1 atom stereocenters. The van der Waals surface area contributed by atoms with Crippen molar-refractivity contribution in [1.29, 1.82) is 0 Å². The van der Waals surface area contributed by atoms with Gasteiger partial charge in [0.1, 0.15) is 0 Å². The fourth-order valence-corrected chi connectivity index (χ4v) is 4.55. The molecule has 0 N–H and O–H groups in total. The van der Waals surface area contributed by atoms with E-state index in [-0.39, 0.29) is 5.97 Å². The third kappa shape index (κ3) is 3.67. The van der Waals surface area contributed by atoms with Gasteiger partial charge in [-0.25, -0.2) is 4.79 Å². The van der Waals surface area contributed by atoms with E-state index in [0.717, 1.165) is 29.5 Å². The highest BCUT2D eigenvalue weighted by Crippen LogP contribution is 2.47. The van der Waals surface area contributed by atoms with Gasteiger partial charge in [0.15, 0.2) is 5.60 Å². The summed E-state index contributed by atoms with van der Waals surface area (Å²) < 4.78 is 6.23. The SMILES string of the molecule is CC(C)Cc1ccc(C2(c3cccc(CC(C)C)c3)OC(=O)c3ccccc32)cc1. The molecular weight excluding hydrogens is 368 g/mol. The summed E-state index contributed by atoms with van der Waals surface area (Å²) in [5.74, 6) is 0.901. The minimum Gasteiger partial charge on any atom is -0.441 e. The second kappa shape index (κ2) is 8.10. The molecule has 2 nitrogen and oxygen atoms in total. The molecule has 0 bridgehead atoms. The lowest BCUT2D eigenvalue weighted by molar-refractivity contribution is 0.0251. The van der Waals surface area contributed by atoms with Gasteiger partial charge in [0.05, 0.1) is 5.56 Å². The Morgan fingerprint density at radius 2 is 1.40 bits per heavy atom. The highest BCUT2D eigenvalue weighted by Gasteiger charge is 2.48. The van der Waals surface area contributed by atoms with Gasteiger partial charge >= 0.3 is 5.97 Å². The van der Waals surface area contributed by atoms with Crippen molar-refractivity contribution < 1.29 is 9.53 Å². The van der Waals surface area contributed by atoms with Crippen LogP contribution in [0.2, 0.25) is 0 Å². The van der Waals surface area contributed by atoms with Crippen LogP contribution in [-0.2, 0) is 23.2 Å². The molecule has 0 saturated heterocycles. The van der Waals surface area contributed by atoms with E-state index in [9.17, 15) is 4.79 Å². The van der Waals surface area contributed by atoms with Crippen LogP contribution in [0.3, 0.4) is 0 Å². The van der Waals surface area contributed by atoms with E-state index in [1.165, 1.54) is 11.1 Å².